The Morgan fingerprint density at radius 3 is 2.67 bits per heavy atom. The van der Waals surface area contributed by atoms with Gasteiger partial charge in [-0.05, 0) is 43.7 Å². The summed E-state index contributed by atoms with van der Waals surface area (Å²) in [6, 6.07) is 11.2. The number of rotatable bonds is 5. The molecule has 0 saturated heterocycles. The number of hydrogen-bond donors (Lipinski definition) is 2. The Bertz CT molecular complexity index is 821. The third-order valence-corrected chi connectivity index (χ3v) is 3.95. The molecule has 1 aromatic carbocycles. The molecule has 24 heavy (non-hydrogen) atoms. The van der Waals surface area contributed by atoms with Gasteiger partial charge in [0.05, 0.1) is 0 Å². The Morgan fingerprint density at radius 2 is 1.96 bits per heavy atom. The zero-order chi connectivity index (χ0) is 16.9. The lowest BCUT2D eigenvalue weighted by Crippen LogP contribution is -2.19. The van der Waals surface area contributed by atoms with E-state index in [-0.39, 0.29) is 11.8 Å². The third kappa shape index (κ3) is 3.75. The Balaban J connectivity index is 1.72. The first-order valence-corrected chi connectivity index (χ1v) is 7.88. The summed E-state index contributed by atoms with van der Waals surface area (Å²) in [6.07, 6.45) is 5.35. The molecule has 0 spiro atoms. The molecule has 3 aromatic rings. The zero-order valence-electron chi connectivity index (χ0n) is 13.8. The lowest BCUT2D eigenvalue weighted by molar-refractivity contribution is 0.473. The van der Waals surface area contributed by atoms with E-state index < -0.39 is 0 Å². The molecule has 5 heteroatoms. The molecule has 1 atom stereocenters. The van der Waals surface area contributed by atoms with Crippen molar-refractivity contribution in [2.75, 3.05) is 0 Å². The van der Waals surface area contributed by atoms with Gasteiger partial charge in [-0.15, -0.1) is 0 Å². The van der Waals surface area contributed by atoms with Gasteiger partial charge >= 0.3 is 0 Å². The number of aromatic nitrogens is 3. The molecule has 0 saturated carbocycles. The molecule has 5 nitrogen and oxygen atoms in total. The van der Waals surface area contributed by atoms with Crippen LogP contribution in [-0.4, -0.2) is 20.1 Å². The van der Waals surface area contributed by atoms with E-state index >= 15 is 0 Å². The number of aryl methyl sites for hydroxylation is 1. The molecule has 0 aliphatic carbocycles. The van der Waals surface area contributed by atoms with Crippen molar-refractivity contribution in [3.63, 3.8) is 0 Å². The normalized spacial score (nSPS) is 12.1. The quantitative estimate of drug-likeness (QED) is 0.754. The van der Waals surface area contributed by atoms with E-state index in [2.05, 4.69) is 27.2 Å². The van der Waals surface area contributed by atoms with Gasteiger partial charge in [-0.2, -0.15) is 0 Å². The van der Waals surface area contributed by atoms with Crippen LogP contribution in [0, 0.1) is 6.92 Å². The first-order chi connectivity index (χ1) is 11.6. The van der Waals surface area contributed by atoms with Crippen molar-refractivity contribution in [2.45, 2.75) is 26.4 Å². The summed E-state index contributed by atoms with van der Waals surface area (Å²) < 4.78 is 0. The van der Waals surface area contributed by atoms with E-state index in [1.54, 1.807) is 24.5 Å². The number of phenolic OH excluding ortho intramolecular Hbond substituents is 1. The van der Waals surface area contributed by atoms with E-state index in [1.165, 1.54) is 0 Å². The second-order valence-electron chi connectivity index (χ2n) is 5.74. The number of pyridine rings is 1. The standard InChI is InChI=1S/C19H20N4O/c1-13(21-11-15-4-3-5-17(24)10-15)18-12-22-19(23-14(18)2)16-6-8-20-9-7-16/h3-10,12-13,21,24H,11H2,1-2H3/t13-/m1/s1. The molecule has 2 N–H and O–H groups in total. The minimum absolute atomic E-state index is 0.110. The van der Waals surface area contributed by atoms with Crippen LogP contribution in [0.25, 0.3) is 11.4 Å². The predicted molar refractivity (Wildman–Crippen MR) is 93.4 cm³/mol. The summed E-state index contributed by atoms with van der Waals surface area (Å²) in [5, 5.41) is 13.0. The van der Waals surface area contributed by atoms with Crippen LogP contribution in [0.4, 0.5) is 0 Å². The van der Waals surface area contributed by atoms with Gasteiger partial charge in [0.25, 0.3) is 0 Å². The maximum atomic E-state index is 9.53. The van der Waals surface area contributed by atoms with Crippen molar-refractivity contribution in [1.29, 1.82) is 0 Å². The monoisotopic (exact) mass is 320 g/mol. The number of phenols is 1. The van der Waals surface area contributed by atoms with Crippen LogP contribution in [-0.2, 0) is 6.54 Å². The molecule has 0 aliphatic heterocycles. The van der Waals surface area contributed by atoms with E-state index in [9.17, 15) is 5.11 Å². The fourth-order valence-electron chi connectivity index (χ4n) is 2.59. The van der Waals surface area contributed by atoms with Gasteiger partial charge in [-0.25, -0.2) is 9.97 Å². The lowest BCUT2D eigenvalue weighted by Gasteiger charge is -2.16. The number of benzene rings is 1. The molecule has 0 aliphatic rings. The van der Waals surface area contributed by atoms with Crippen LogP contribution in [0.2, 0.25) is 0 Å². The Hall–Kier alpha value is -2.79. The summed E-state index contributed by atoms with van der Waals surface area (Å²) in [4.78, 5) is 13.1. The van der Waals surface area contributed by atoms with Crippen LogP contribution in [0.15, 0.2) is 55.0 Å². The van der Waals surface area contributed by atoms with Crippen LogP contribution in [0.1, 0.15) is 29.8 Å². The second kappa shape index (κ2) is 7.19. The molecular formula is C19H20N4O. The molecule has 0 fully saturated rings. The Morgan fingerprint density at radius 1 is 1.17 bits per heavy atom. The van der Waals surface area contributed by atoms with Gasteiger partial charge in [0.15, 0.2) is 5.82 Å². The molecule has 0 bridgehead atoms. The highest BCUT2D eigenvalue weighted by Gasteiger charge is 2.11. The smallest absolute Gasteiger partial charge is 0.159 e. The minimum atomic E-state index is 0.110. The molecule has 2 aromatic heterocycles. The average Bonchev–Trinajstić information content (AvgIpc) is 2.60. The van der Waals surface area contributed by atoms with Crippen LogP contribution in [0.5, 0.6) is 5.75 Å². The van der Waals surface area contributed by atoms with Crippen molar-refractivity contribution >= 4 is 0 Å². The highest BCUT2D eigenvalue weighted by molar-refractivity contribution is 5.53. The van der Waals surface area contributed by atoms with E-state index in [4.69, 9.17) is 0 Å². The van der Waals surface area contributed by atoms with Crippen molar-refractivity contribution in [3.05, 3.63) is 71.8 Å². The van der Waals surface area contributed by atoms with Crippen LogP contribution in [0.3, 0.4) is 0 Å². The largest absolute Gasteiger partial charge is 0.508 e. The molecule has 0 radical (unpaired) electrons. The first kappa shape index (κ1) is 16.1. The van der Waals surface area contributed by atoms with Crippen molar-refractivity contribution in [2.24, 2.45) is 0 Å². The van der Waals surface area contributed by atoms with Gasteiger partial charge in [0, 0.05) is 48.0 Å². The summed E-state index contributed by atoms with van der Waals surface area (Å²) in [6.45, 7) is 4.75. The lowest BCUT2D eigenvalue weighted by atomic mass is 10.1. The maximum absolute atomic E-state index is 9.53. The number of hydrogen-bond acceptors (Lipinski definition) is 5. The predicted octanol–water partition coefficient (Wildman–Crippen LogP) is 3.40. The molecular weight excluding hydrogens is 300 g/mol. The van der Waals surface area contributed by atoms with Crippen LogP contribution < -0.4 is 5.32 Å². The number of nitrogens with zero attached hydrogens (tertiary/aromatic N) is 3. The van der Waals surface area contributed by atoms with Gasteiger partial charge in [0.1, 0.15) is 5.75 Å². The number of aromatic hydroxyl groups is 1. The highest BCUT2D eigenvalue weighted by Crippen LogP contribution is 2.20. The van der Waals surface area contributed by atoms with Crippen LogP contribution >= 0.6 is 0 Å². The Kier molecular flexibility index (Phi) is 4.82. The van der Waals surface area contributed by atoms with Crippen molar-refractivity contribution < 1.29 is 5.11 Å². The highest BCUT2D eigenvalue weighted by atomic mass is 16.3. The Labute approximate surface area is 141 Å². The van der Waals surface area contributed by atoms with Gasteiger partial charge in [-0.3, -0.25) is 4.98 Å². The fourth-order valence-corrected chi connectivity index (χ4v) is 2.59. The van der Waals surface area contributed by atoms with Gasteiger partial charge in [-0.1, -0.05) is 12.1 Å². The van der Waals surface area contributed by atoms with Crippen molar-refractivity contribution in [3.8, 4) is 17.1 Å². The van der Waals surface area contributed by atoms with E-state index in [0.717, 1.165) is 22.4 Å². The van der Waals surface area contributed by atoms with E-state index in [0.29, 0.717) is 12.4 Å². The molecule has 0 unspecified atom stereocenters. The van der Waals surface area contributed by atoms with E-state index in [1.807, 2.05) is 37.4 Å². The number of nitrogens with one attached hydrogen (secondary N) is 1. The SMILES string of the molecule is Cc1nc(-c2ccncc2)ncc1[C@@H](C)NCc1cccc(O)c1. The molecule has 2 heterocycles. The zero-order valence-corrected chi connectivity index (χ0v) is 13.8. The fraction of sp³-hybridized carbons (Fsp3) is 0.211. The summed E-state index contributed by atoms with van der Waals surface area (Å²) >= 11 is 0. The topological polar surface area (TPSA) is 70.9 Å². The minimum Gasteiger partial charge on any atom is -0.508 e. The van der Waals surface area contributed by atoms with Crippen molar-refractivity contribution in [1.82, 2.24) is 20.3 Å². The van der Waals surface area contributed by atoms with Gasteiger partial charge in [0.2, 0.25) is 0 Å². The second-order valence-corrected chi connectivity index (χ2v) is 5.74. The first-order valence-electron chi connectivity index (χ1n) is 7.88. The molecule has 0 amide bonds. The summed E-state index contributed by atoms with van der Waals surface area (Å²) in [5.41, 5.74) is 4.01. The summed E-state index contributed by atoms with van der Waals surface area (Å²) in [5.74, 6) is 0.988. The van der Waals surface area contributed by atoms with Gasteiger partial charge < -0.3 is 10.4 Å². The average molecular weight is 320 g/mol. The summed E-state index contributed by atoms with van der Waals surface area (Å²) in [7, 11) is 0. The third-order valence-electron chi connectivity index (χ3n) is 3.95. The molecule has 122 valence electrons. The molecule has 3 rings (SSSR count). The maximum Gasteiger partial charge on any atom is 0.159 e.